The van der Waals surface area contributed by atoms with Crippen molar-refractivity contribution in [2.75, 3.05) is 0 Å². The molecule has 2 bridgehead atoms. The van der Waals surface area contributed by atoms with Crippen LogP contribution in [0.2, 0.25) is 0 Å². The molecule has 0 aliphatic heterocycles. The van der Waals surface area contributed by atoms with Gasteiger partial charge in [0.2, 0.25) is 0 Å². The van der Waals surface area contributed by atoms with E-state index in [2.05, 4.69) is 13.8 Å². The van der Waals surface area contributed by atoms with Crippen LogP contribution in [-0.2, 0) is 0 Å². The van der Waals surface area contributed by atoms with E-state index in [1.807, 2.05) is 0 Å². The van der Waals surface area contributed by atoms with Gasteiger partial charge in [-0.3, -0.25) is 0 Å². The largest absolute Gasteiger partial charge is 0.0619 e. The number of hydrogen-bond donors (Lipinski definition) is 0. The molecule has 0 aromatic heterocycles. The Balaban J connectivity index is 2.05. The molecule has 1 spiro atoms. The maximum Gasteiger partial charge on any atom is -0.0212 e. The summed E-state index contributed by atoms with van der Waals surface area (Å²) in [6, 6.07) is 0. The smallest absolute Gasteiger partial charge is 0.0212 e. The second-order valence-electron chi connectivity index (χ2n) is 5.12. The lowest BCUT2D eigenvalue weighted by Crippen LogP contribution is -2.63. The second-order valence-corrected chi connectivity index (χ2v) is 5.12. The molecule has 4 saturated carbocycles. The van der Waals surface area contributed by atoms with Crippen LogP contribution >= 0.6 is 0 Å². The Morgan fingerprint density at radius 3 is 2.50 bits per heavy atom. The first-order chi connectivity index (χ1) is 4.69. The monoisotopic (exact) mass is 136 g/mol. The summed E-state index contributed by atoms with van der Waals surface area (Å²) in [6.45, 7) is 5.00. The average molecular weight is 136 g/mol. The van der Waals surface area contributed by atoms with Gasteiger partial charge in [-0.25, -0.2) is 0 Å². The molecule has 0 radical (unpaired) electrons. The Hall–Kier alpha value is 0. The molecule has 0 saturated heterocycles. The lowest BCUT2D eigenvalue weighted by molar-refractivity contribution is -0.214. The van der Waals surface area contributed by atoms with Crippen LogP contribution in [0.5, 0.6) is 0 Å². The Kier molecular flexibility index (Phi) is 0.669. The van der Waals surface area contributed by atoms with E-state index < -0.39 is 0 Å². The third-order valence-corrected chi connectivity index (χ3v) is 5.26. The summed E-state index contributed by atoms with van der Waals surface area (Å²) in [5.41, 5.74) is 1.71. The highest BCUT2D eigenvalue weighted by atomic mass is 14.8. The van der Waals surface area contributed by atoms with Crippen LogP contribution < -0.4 is 0 Å². The van der Waals surface area contributed by atoms with Crippen molar-refractivity contribution in [2.45, 2.75) is 39.5 Å². The molecule has 4 unspecified atom stereocenters. The Morgan fingerprint density at radius 2 is 2.10 bits per heavy atom. The summed E-state index contributed by atoms with van der Waals surface area (Å²) in [5, 5.41) is 0. The highest BCUT2D eigenvalue weighted by molar-refractivity contribution is 5.23. The number of fused-ring (bicyclic) bond motifs is 1. The molecule has 4 fully saturated rings. The van der Waals surface area contributed by atoms with Gasteiger partial charge >= 0.3 is 0 Å². The van der Waals surface area contributed by atoms with Gasteiger partial charge in [-0.15, -0.1) is 0 Å². The van der Waals surface area contributed by atoms with E-state index in [9.17, 15) is 0 Å². The maximum absolute atomic E-state index is 2.54. The zero-order chi connectivity index (χ0) is 6.98. The molecule has 56 valence electrons. The minimum atomic E-state index is 0.840. The third-order valence-electron chi connectivity index (χ3n) is 5.26. The van der Waals surface area contributed by atoms with Gasteiger partial charge in [0, 0.05) is 0 Å². The van der Waals surface area contributed by atoms with Crippen molar-refractivity contribution >= 4 is 0 Å². The minimum absolute atomic E-state index is 0.840. The molecule has 0 aromatic rings. The normalized spacial score (nSPS) is 70.2. The summed E-state index contributed by atoms with van der Waals surface area (Å²) in [6.07, 6.45) is 6.25. The molecule has 0 N–H and O–H groups in total. The number of rotatable bonds is 0. The van der Waals surface area contributed by atoms with E-state index in [-0.39, 0.29) is 0 Å². The van der Waals surface area contributed by atoms with E-state index in [4.69, 9.17) is 0 Å². The molecule has 0 nitrogen and oxygen atoms in total. The van der Waals surface area contributed by atoms with Crippen LogP contribution in [0.1, 0.15) is 39.5 Å². The van der Waals surface area contributed by atoms with Crippen LogP contribution in [0.4, 0.5) is 0 Å². The molecule has 0 heteroatoms. The lowest BCUT2D eigenvalue weighted by Gasteiger charge is -2.70. The maximum atomic E-state index is 2.54. The van der Waals surface area contributed by atoms with Gasteiger partial charge in [0.05, 0.1) is 0 Å². The molecule has 0 amide bonds. The van der Waals surface area contributed by atoms with Crippen LogP contribution in [0.3, 0.4) is 0 Å². The summed E-state index contributed by atoms with van der Waals surface area (Å²) < 4.78 is 0. The van der Waals surface area contributed by atoms with Gasteiger partial charge in [-0.2, -0.15) is 0 Å². The highest BCUT2D eigenvalue weighted by Gasteiger charge is 2.74. The predicted molar refractivity (Wildman–Crippen MR) is 41.7 cm³/mol. The molecule has 4 aliphatic rings. The van der Waals surface area contributed by atoms with Gasteiger partial charge in [-0.05, 0) is 48.3 Å². The van der Waals surface area contributed by atoms with Crippen molar-refractivity contribution in [3.63, 3.8) is 0 Å². The summed E-state index contributed by atoms with van der Waals surface area (Å²) >= 11 is 0. The quantitative estimate of drug-likeness (QED) is 0.480. The van der Waals surface area contributed by atoms with Crippen molar-refractivity contribution in [1.82, 2.24) is 0 Å². The Morgan fingerprint density at radius 1 is 1.30 bits per heavy atom. The molecule has 4 aliphatic carbocycles. The fraction of sp³-hybridized carbons (Fsp3) is 1.00. The lowest BCUT2D eigenvalue weighted by atomic mass is 9.34. The van der Waals surface area contributed by atoms with Crippen molar-refractivity contribution in [2.24, 2.45) is 22.7 Å². The van der Waals surface area contributed by atoms with Crippen molar-refractivity contribution in [1.29, 1.82) is 0 Å². The molecule has 0 aromatic carbocycles. The summed E-state index contributed by atoms with van der Waals surface area (Å²) in [5.74, 6) is 2.21. The standard InChI is InChI=1S/C10H16/c1-7-5-9(2)8-3-4-10(7,9)6-8/h7-8H,3-6H2,1-2H3. The molecule has 0 heterocycles. The van der Waals surface area contributed by atoms with E-state index in [0.717, 1.165) is 22.7 Å². The van der Waals surface area contributed by atoms with E-state index in [1.165, 1.54) is 6.42 Å². The molecular weight excluding hydrogens is 120 g/mol. The second kappa shape index (κ2) is 1.19. The van der Waals surface area contributed by atoms with Gasteiger partial charge in [0.15, 0.2) is 0 Å². The van der Waals surface area contributed by atoms with Gasteiger partial charge in [-0.1, -0.05) is 13.8 Å². The van der Waals surface area contributed by atoms with E-state index >= 15 is 0 Å². The summed E-state index contributed by atoms with van der Waals surface area (Å²) in [4.78, 5) is 0. The first-order valence-corrected chi connectivity index (χ1v) is 4.69. The highest BCUT2D eigenvalue weighted by Crippen LogP contribution is 2.83. The zero-order valence-corrected chi connectivity index (χ0v) is 6.98. The topological polar surface area (TPSA) is 0 Å². The van der Waals surface area contributed by atoms with E-state index in [1.54, 1.807) is 19.3 Å². The predicted octanol–water partition coefficient (Wildman–Crippen LogP) is 2.83. The van der Waals surface area contributed by atoms with E-state index in [0.29, 0.717) is 0 Å². The zero-order valence-electron chi connectivity index (χ0n) is 6.98. The van der Waals surface area contributed by atoms with Crippen LogP contribution in [0.25, 0.3) is 0 Å². The third kappa shape index (κ3) is 0.286. The van der Waals surface area contributed by atoms with Crippen LogP contribution in [0.15, 0.2) is 0 Å². The SMILES string of the molecule is CC1CC2(C)C3CCC12C3. The Labute approximate surface area is 63.0 Å². The molecular formula is C10H16. The van der Waals surface area contributed by atoms with Gasteiger partial charge in [0.25, 0.3) is 0 Å². The van der Waals surface area contributed by atoms with Gasteiger partial charge in [0.1, 0.15) is 0 Å². The number of hydrogen-bond acceptors (Lipinski definition) is 0. The average Bonchev–Trinajstić information content (AvgIpc) is 2.40. The first-order valence-electron chi connectivity index (χ1n) is 4.69. The summed E-state index contributed by atoms with van der Waals surface area (Å²) in [7, 11) is 0. The molecule has 4 atom stereocenters. The van der Waals surface area contributed by atoms with Crippen molar-refractivity contribution in [3.8, 4) is 0 Å². The van der Waals surface area contributed by atoms with Crippen molar-refractivity contribution < 1.29 is 0 Å². The molecule has 4 rings (SSSR count). The molecule has 10 heavy (non-hydrogen) atoms. The van der Waals surface area contributed by atoms with Crippen molar-refractivity contribution in [3.05, 3.63) is 0 Å². The fourth-order valence-corrected chi connectivity index (χ4v) is 4.49. The Bertz CT molecular complexity index is 192. The van der Waals surface area contributed by atoms with Crippen LogP contribution in [-0.4, -0.2) is 0 Å². The fourth-order valence-electron chi connectivity index (χ4n) is 4.49. The van der Waals surface area contributed by atoms with Gasteiger partial charge < -0.3 is 0 Å². The van der Waals surface area contributed by atoms with Crippen LogP contribution in [0, 0.1) is 22.7 Å². The first kappa shape index (κ1) is 5.62. The minimum Gasteiger partial charge on any atom is -0.0619 e.